The molecule has 1 aromatic carbocycles. The first-order chi connectivity index (χ1) is 8.69. The molecule has 2 rings (SSSR count). The molecule has 0 aliphatic rings. The van der Waals surface area contributed by atoms with E-state index in [1.54, 1.807) is 12.3 Å². The monoisotopic (exact) mass is 325 g/mol. The molecule has 0 saturated carbocycles. The fraction of sp³-hybridized carbons (Fsp3) is 0.154. The molecule has 2 aromatic rings. The molecule has 0 amide bonds. The normalized spacial score (nSPS) is 10.4. The molecule has 0 spiro atoms. The zero-order valence-electron chi connectivity index (χ0n) is 9.66. The van der Waals surface area contributed by atoms with Gasteiger partial charge in [-0.15, -0.1) is 0 Å². The first-order valence-corrected chi connectivity index (χ1v) is 6.73. The lowest BCUT2D eigenvalue weighted by atomic mass is 10.1. The van der Waals surface area contributed by atoms with Crippen LogP contribution in [0.4, 0.5) is 11.5 Å². The van der Waals surface area contributed by atoms with E-state index in [4.69, 9.17) is 17.3 Å². The summed E-state index contributed by atoms with van der Waals surface area (Å²) in [5.41, 5.74) is 7.72. The van der Waals surface area contributed by atoms with Gasteiger partial charge < -0.3 is 11.1 Å². The molecule has 0 fully saturated rings. The highest BCUT2D eigenvalue weighted by Gasteiger charge is 2.02. The molecule has 0 aliphatic carbocycles. The topological polar surface area (TPSA) is 50.9 Å². The van der Waals surface area contributed by atoms with Crippen molar-refractivity contribution in [3.8, 4) is 0 Å². The Hall–Kier alpha value is -1.10. The fourth-order valence-corrected chi connectivity index (χ4v) is 2.30. The third-order valence-corrected chi connectivity index (χ3v) is 3.27. The standard InChI is InChI=1S/C13H13BrClN3/c14-12-7-10(15)8-17-13(12)18-11-3-1-9(2-4-11)5-6-16/h1-4,7-8H,5-6,16H2,(H,17,18). The van der Waals surface area contributed by atoms with Crippen LogP contribution in [0.2, 0.25) is 5.02 Å². The second-order valence-electron chi connectivity index (χ2n) is 3.84. The quantitative estimate of drug-likeness (QED) is 0.900. The second-order valence-corrected chi connectivity index (χ2v) is 5.14. The molecular formula is C13H13BrClN3. The molecule has 1 heterocycles. The number of nitrogens with zero attached hydrogens (tertiary/aromatic N) is 1. The zero-order valence-corrected chi connectivity index (χ0v) is 12.0. The summed E-state index contributed by atoms with van der Waals surface area (Å²) < 4.78 is 0.834. The molecule has 0 saturated heterocycles. The van der Waals surface area contributed by atoms with E-state index in [9.17, 15) is 0 Å². The minimum absolute atomic E-state index is 0.603. The number of anilines is 2. The van der Waals surface area contributed by atoms with Gasteiger partial charge in [0.1, 0.15) is 5.82 Å². The maximum absolute atomic E-state index is 5.84. The lowest BCUT2D eigenvalue weighted by Gasteiger charge is -2.08. The molecule has 0 atom stereocenters. The molecule has 0 aliphatic heterocycles. The summed E-state index contributed by atoms with van der Waals surface area (Å²) in [5, 5.41) is 3.82. The van der Waals surface area contributed by atoms with Crippen molar-refractivity contribution >= 4 is 39.0 Å². The van der Waals surface area contributed by atoms with Crippen molar-refractivity contribution in [2.75, 3.05) is 11.9 Å². The summed E-state index contributed by atoms with van der Waals surface area (Å²) in [6.45, 7) is 0.664. The highest BCUT2D eigenvalue weighted by molar-refractivity contribution is 9.10. The van der Waals surface area contributed by atoms with Gasteiger partial charge in [-0.3, -0.25) is 0 Å². The van der Waals surface area contributed by atoms with Crippen LogP contribution in [0.3, 0.4) is 0 Å². The Bertz CT molecular complexity index is 528. The third kappa shape index (κ3) is 3.45. The van der Waals surface area contributed by atoms with Gasteiger partial charge in [0.15, 0.2) is 0 Å². The van der Waals surface area contributed by atoms with Crippen LogP contribution in [-0.2, 0) is 6.42 Å². The van der Waals surface area contributed by atoms with Gasteiger partial charge in [0.25, 0.3) is 0 Å². The average molecular weight is 327 g/mol. The number of benzene rings is 1. The van der Waals surface area contributed by atoms with E-state index in [-0.39, 0.29) is 0 Å². The predicted molar refractivity (Wildman–Crippen MR) is 79.4 cm³/mol. The van der Waals surface area contributed by atoms with E-state index in [1.807, 2.05) is 12.1 Å². The molecule has 5 heteroatoms. The van der Waals surface area contributed by atoms with Gasteiger partial charge in [0.05, 0.1) is 9.50 Å². The first-order valence-electron chi connectivity index (χ1n) is 5.56. The van der Waals surface area contributed by atoms with E-state index < -0.39 is 0 Å². The van der Waals surface area contributed by atoms with Crippen LogP contribution in [0.25, 0.3) is 0 Å². The number of nitrogens with two attached hydrogens (primary N) is 1. The molecular weight excluding hydrogens is 314 g/mol. The average Bonchev–Trinajstić information content (AvgIpc) is 2.35. The Morgan fingerprint density at radius 3 is 2.61 bits per heavy atom. The molecule has 0 unspecified atom stereocenters. The molecule has 0 bridgehead atoms. The summed E-state index contributed by atoms with van der Waals surface area (Å²) in [6.07, 6.45) is 2.50. The highest BCUT2D eigenvalue weighted by Crippen LogP contribution is 2.26. The SMILES string of the molecule is NCCc1ccc(Nc2ncc(Cl)cc2Br)cc1. The maximum atomic E-state index is 5.84. The van der Waals surface area contributed by atoms with Crippen molar-refractivity contribution < 1.29 is 0 Å². The molecule has 3 nitrogen and oxygen atoms in total. The molecule has 3 N–H and O–H groups in total. The van der Waals surface area contributed by atoms with Gasteiger partial charge in [0.2, 0.25) is 0 Å². The largest absolute Gasteiger partial charge is 0.339 e. The van der Waals surface area contributed by atoms with Crippen LogP contribution < -0.4 is 11.1 Å². The Morgan fingerprint density at radius 2 is 2.00 bits per heavy atom. The number of hydrogen-bond donors (Lipinski definition) is 2. The van der Waals surface area contributed by atoms with Gasteiger partial charge in [-0.05, 0) is 52.7 Å². The smallest absolute Gasteiger partial charge is 0.144 e. The van der Waals surface area contributed by atoms with E-state index in [0.29, 0.717) is 11.6 Å². The minimum atomic E-state index is 0.603. The summed E-state index contributed by atoms with van der Waals surface area (Å²) in [4.78, 5) is 4.22. The van der Waals surface area contributed by atoms with Crippen molar-refractivity contribution in [2.45, 2.75) is 6.42 Å². The summed E-state index contributed by atoms with van der Waals surface area (Å²) in [6, 6.07) is 9.93. The van der Waals surface area contributed by atoms with E-state index in [0.717, 1.165) is 22.4 Å². The summed E-state index contributed by atoms with van der Waals surface area (Å²) in [7, 11) is 0. The van der Waals surface area contributed by atoms with Crippen LogP contribution in [0, 0.1) is 0 Å². The zero-order chi connectivity index (χ0) is 13.0. The van der Waals surface area contributed by atoms with E-state index >= 15 is 0 Å². The van der Waals surface area contributed by atoms with Crippen molar-refractivity contribution in [2.24, 2.45) is 5.73 Å². The molecule has 94 valence electrons. The van der Waals surface area contributed by atoms with Gasteiger partial charge in [-0.2, -0.15) is 0 Å². The van der Waals surface area contributed by atoms with Crippen LogP contribution in [0.15, 0.2) is 41.0 Å². The number of hydrogen-bond acceptors (Lipinski definition) is 3. The minimum Gasteiger partial charge on any atom is -0.339 e. The van der Waals surface area contributed by atoms with Crippen LogP contribution in [0.5, 0.6) is 0 Å². The Balaban J connectivity index is 2.13. The molecule has 0 radical (unpaired) electrons. The van der Waals surface area contributed by atoms with Crippen molar-refractivity contribution in [3.63, 3.8) is 0 Å². The highest BCUT2D eigenvalue weighted by atomic mass is 79.9. The summed E-state index contributed by atoms with van der Waals surface area (Å²) >= 11 is 9.26. The maximum Gasteiger partial charge on any atom is 0.144 e. The van der Waals surface area contributed by atoms with Gasteiger partial charge in [-0.25, -0.2) is 4.98 Å². The second kappa shape index (κ2) is 6.18. The van der Waals surface area contributed by atoms with Crippen molar-refractivity contribution in [1.82, 2.24) is 4.98 Å². The van der Waals surface area contributed by atoms with Gasteiger partial charge in [-0.1, -0.05) is 23.7 Å². The number of aromatic nitrogens is 1. The lowest BCUT2D eigenvalue weighted by molar-refractivity contribution is 0.969. The number of halogens is 2. The third-order valence-electron chi connectivity index (χ3n) is 2.46. The predicted octanol–water partition coefficient (Wildman–Crippen LogP) is 3.74. The van der Waals surface area contributed by atoms with E-state index in [1.165, 1.54) is 5.56 Å². The van der Waals surface area contributed by atoms with Crippen LogP contribution in [-0.4, -0.2) is 11.5 Å². The van der Waals surface area contributed by atoms with E-state index in [2.05, 4.69) is 38.4 Å². The van der Waals surface area contributed by atoms with Crippen molar-refractivity contribution in [1.29, 1.82) is 0 Å². The molecule has 1 aromatic heterocycles. The lowest BCUT2D eigenvalue weighted by Crippen LogP contribution is -2.02. The van der Waals surface area contributed by atoms with Crippen LogP contribution in [0.1, 0.15) is 5.56 Å². The first kappa shape index (κ1) is 13.3. The van der Waals surface area contributed by atoms with Crippen LogP contribution >= 0.6 is 27.5 Å². The number of nitrogens with one attached hydrogen (secondary N) is 1. The number of pyridine rings is 1. The fourth-order valence-electron chi connectivity index (χ4n) is 1.56. The Morgan fingerprint density at radius 1 is 1.28 bits per heavy atom. The Kier molecular flexibility index (Phi) is 4.58. The Labute approximate surface area is 119 Å². The van der Waals surface area contributed by atoms with Gasteiger partial charge >= 0.3 is 0 Å². The van der Waals surface area contributed by atoms with Crippen molar-refractivity contribution in [3.05, 3.63) is 51.6 Å². The van der Waals surface area contributed by atoms with Gasteiger partial charge in [0, 0.05) is 11.9 Å². The summed E-state index contributed by atoms with van der Waals surface area (Å²) in [5.74, 6) is 0.742. The number of rotatable bonds is 4. The molecule has 18 heavy (non-hydrogen) atoms.